The Kier molecular flexibility index (Phi) is 4.46. The van der Waals surface area contributed by atoms with Crippen molar-refractivity contribution in [3.8, 4) is 0 Å². The maximum Gasteiger partial charge on any atom is 0.352 e. The summed E-state index contributed by atoms with van der Waals surface area (Å²) in [5.74, 6) is -1.01. The smallest absolute Gasteiger partial charge is 0.352 e. The van der Waals surface area contributed by atoms with Crippen LogP contribution < -0.4 is 0 Å². The van der Waals surface area contributed by atoms with Gasteiger partial charge >= 0.3 is 5.97 Å². The predicted octanol–water partition coefficient (Wildman–Crippen LogP) is 5.98. The molecule has 0 saturated heterocycles. The second kappa shape index (κ2) is 6.20. The molecule has 1 aliphatic rings. The molecule has 3 rings (SSSR count). The van der Waals surface area contributed by atoms with E-state index in [0.717, 1.165) is 33.1 Å². The maximum atomic E-state index is 11.1. The minimum Gasteiger partial charge on any atom is -0.477 e. The van der Waals surface area contributed by atoms with E-state index in [1.165, 1.54) is 11.8 Å². The van der Waals surface area contributed by atoms with Gasteiger partial charge in [0.1, 0.15) is 5.69 Å². The summed E-state index contributed by atoms with van der Waals surface area (Å²) in [5.41, 5.74) is 0.819. The van der Waals surface area contributed by atoms with Gasteiger partial charge in [-0.1, -0.05) is 46.6 Å². The molecule has 2 N–H and O–H groups in total. The molecule has 1 aromatic carbocycles. The van der Waals surface area contributed by atoms with Gasteiger partial charge in [0.2, 0.25) is 0 Å². The molecule has 0 spiro atoms. The molecule has 1 aromatic heterocycles. The molecule has 0 fully saturated rings. The van der Waals surface area contributed by atoms with Gasteiger partial charge in [-0.3, -0.25) is 0 Å². The van der Waals surface area contributed by atoms with Gasteiger partial charge < -0.3 is 10.1 Å². The lowest BCUT2D eigenvalue weighted by Crippen LogP contribution is -1.94. The average Bonchev–Trinajstić information content (AvgIpc) is 2.86. The number of carboxylic acids is 1. The van der Waals surface area contributed by atoms with E-state index in [2.05, 4.69) is 4.98 Å². The Labute approximate surface area is 145 Å². The first-order valence-corrected chi connectivity index (χ1v) is 8.37. The number of fused-ring (bicyclic) bond motifs is 1. The Balaban J connectivity index is 2.07. The molecule has 3 nitrogen and oxygen atoms in total. The number of benzene rings is 1. The van der Waals surface area contributed by atoms with Gasteiger partial charge in [-0.15, -0.1) is 0 Å². The number of hydrogen-bond donors (Lipinski definition) is 2. The Morgan fingerprint density at radius 3 is 2.64 bits per heavy atom. The first-order chi connectivity index (χ1) is 10.4. The van der Waals surface area contributed by atoms with Crippen LogP contribution in [0.5, 0.6) is 0 Å². The van der Waals surface area contributed by atoms with Crippen molar-refractivity contribution in [1.82, 2.24) is 4.98 Å². The molecular weight excluding hydrogens is 365 g/mol. The maximum absolute atomic E-state index is 11.1. The summed E-state index contributed by atoms with van der Waals surface area (Å²) < 4.78 is 0. The Morgan fingerprint density at radius 1 is 1.18 bits per heavy atom. The zero-order valence-electron chi connectivity index (χ0n) is 11.1. The summed E-state index contributed by atoms with van der Waals surface area (Å²) in [4.78, 5) is 15.8. The normalized spacial score (nSPS) is 15.3. The fourth-order valence-electron chi connectivity index (χ4n) is 2.25. The average molecular weight is 375 g/mol. The molecule has 1 aliphatic carbocycles. The van der Waals surface area contributed by atoms with E-state index in [9.17, 15) is 4.79 Å². The SMILES string of the molecule is O=C(O)c1cc2c(SC3=C(Cl)C=C(Cl)CC3)cc(Cl)cc2[nH]1. The van der Waals surface area contributed by atoms with Crippen molar-refractivity contribution in [3.05, 3.63) is 50.0 Å². The van der Waals surface area contributed by atoms with Crippen LogP contribution in [0.4, 0.5) is 0 Å². The van der Waals surface area contributed by atoms with Gasteiger partial charge in [-0.25, -0.2) is 4.79 Å². The highest BCUT2D eigenvalue weighted by Gasteiger charge is 2.16. The molecule has 0 unspecified atom stereocenters. The zero-order chi connectivity index (χ0) is 15.9. The van der Waals surface area contributed by atoms with Gasteiger partial charge in [0.25, 0.3) is 0 Å². The molecule has 114 valence electrons. The largest absolute Gasteiger partial charge is 0.477 e. The minimum atomic E-state index is -1.01. The third-order valence-corrected chi connectivity index (χ3v) is 5.46. The topological polar surface area (TPSA) is 53.1 Å². The number of allylic oxidation sites excluding steroid dienone is 4. The van der Waals surface area contributed by atoms with Crippen molar-refractivity contribution in [2.24, 2.45) is 0 Å². The number of H-pyrrole nitrogens is 1. The molecule has 1 heterocycles. The third-order valence-electron chi connectivity index (χ3n) is 3.27. The van der Waals surface area contributed by atoms with E-state index >= 15 is 0 Å². The quantitative estimate of drug-likeness (QED) is 0.695. The molecular formula is C15H10Cl3NO2S. The second-order valence-electron chi connectivity index (χ2n) is 4.82. The summed E-state index contributed by atoms with van der Waals surface area (Å²) in [6.07, 6.45) is 3.25. The fraction of sp³-hybridized carbons (Fsp3) is 0.133. The molecule has 0 atom stereocenters. The number of aromatic carboxylic acids is 1. The number of halogens is 3. The number of hydrogen-bond acceptors (Lipinski definition) is 2. The van der Waals surface area contributed by atoms with E-state index in [4.69, 9.17) is 39.9 Å². The van der Waals surface area contributed by atoms with Crippen molar-refractivity contribution in [2.45, 2.75) is 17.7 Å². The van der Waals surface area contributed by atoms with E-state index in [1.54, 1.807) is 18.2 Å². The highest BCUT2D eigenvalue weighted by atomic mass is 35.5. The number of thioether (sulfide) groups is 1. The monoisotopic (exact) mass is 373 g/mol. The van der Waals surface area contributed by atoms with Crippen molar-refractivity contribution >= 4 is 63.4 Å². The van der Waals surface area contributed by atoms with Crippen molar-refractivity contribution < 1.29 is 9.90 Å². The lowest BCUT2D eigenvalue weighted by molar-refractivity contribution is 0.0691. The van der Waals surface area contributed by atoms with E-state index in [-0.39, 0.29) is 5.69 Å². The summed E-state index contributed by atoms with van der Waals surface area (Å²) in [5, 5.41) is 11.8. The highest BCUT2D eigenvalue weighted by molar-refractivity contribution is 8.03. The summed E-state index contributed by atoms with van der Waals surface area (Å²) >= 11 is 19.8. The molecule has 0 aliphatic heterocycles. The minimum absolute atomic E-state index is 0.130. The van der Waals surface area contributed by atoms with Gasteiger partial charge in [-0.05, 0) is 37.1 Å². The summed E-state index contributed by atoms with van der Waals surface area (Å²) in [6.45, 7) is 0. The van der Waals surface area contributed by atoms with Crippen molar-refractivity contribution in [3.63, 3.8) is 0 Å². The Bertz CT molecular complexity index is 839. The Hall–Kier alpha value is -1.07. The van der Waals surface area contributed by atoms with Crippen molar-refractivity contribution in [2.75, 3.05) is 0 Å². The Morgan fingerprint density at radius 2 is 1.95 bits per heavy atom. The summed E-state index contributed by atoms with van der Waals surface area (Å²) in [7, 11) is 0. The van der Waals surface area contributed by atoms with Crippen LogP contribution >= 0.6 is 46.6 Å². The van der Waals surface area contributed by atoms with Crippen LogP contribution in [0.15, 0.2) is 44.1 Å². The third kappa shape index (κ3) is 3.15. The fourth-order valence-corrected chi connectivity index (χ4v) is 4.22. The molecule has 0 bridgehead atoms. The molecule has 2 aromatic rings. The molecule has 7 heteroatoms. The van der Waals surface area contributed by atoms with Gasteiger partial charge in [0, 0.05) is 30.8 Å². The number of rotatable bonds is 3. The number of carboxylic acid groups (broad SMARTS) is 1. The van der Waals surface area contributed by atoms with E-state index in [0.29, 0.717) is 15.6 Å². The van der Waals surface area contributed by atoms with Crippen LogP contribution in [-0.2, 0) is 0 Å². The first-order valence-electron chi connectivity index (χ1n) is 6.42. The predicted molar refractivity (Wildman–Crippen MR) is 92.2 cm³/mol. The molecule has 0 amide bonds. The van der Waals surface area contributed by atoms with Crippen LogP contribution in [0.3, 0.4) is 0 Å². The molecule has 0 radical (unpaired) electrons. The number of nitrogens with one attached hydrogen (secondary N) is 1. The number of aromatic amines is 1. The van der Waals surface area contributed by atoms with E-state index in [1.807, 2.05) is 6.07 Å². The van der Waals surface area contributed by atoms with Crippen LogP contribution in [0.25, 0.3) is 10.9 Å². The van der Waals surface area contributed by atoms with Gasteiger partial charge in [-0.2, -0.15) is 0 Å². The van der Waals surface area contributed by atoms with Crippen LogP contribution in [-0.4, -0.2) is 16.1 Å². The lowest BCUT2D eigenvalue weighted by atomic mass is 10.2. The highest BCUT2D eigenvalue weighted by Crippen LogP contribution is 2.42. The summed E-state index contributed by atoms with van der Waals surface area (Å²) in [6, 6.07) is 5.13. The standard InChI is InChI=1S/C15H10Cl3NO2S/c16-7-1-2-13(10(18)3-7)22-14-5-8(17)4-11-9(14)6-12(19-11)15(20)21/h3-6,19H,1-2H2,(H,20,21). The van der Waals surface area contributed by atoms with Crippen molar-refractivity contribution in [1.29, 1.82) is 0 Å². The van der Waals surface area contributed by atoms with E-state index < -0.39 is 5.97 Å². The van der Waals surface area contributed by atoms with Gasteiger partial charge in [0.05, 0.1) is 5.03 Å². The van der Waals surface area contributed by atoms with Gasteiger partial charge in [0.15, 0.2) is 0 Å². The zero-order valence-corrected chi connectivity index (χ0v) is 14.2. The number of aromatic nitrogens is 1. The number of carbonyl (C=O) groups is 1. The van der Waals surface area contributed by atoms with Crippen LogP contribution in [0, 0.1) is 0 Å². The molecule has 0 saturated carbocycles. The van der Waals surface area contributed by atoms with Crippen LogP contribution in [0.1, 0.15) is 23.3 Å². The van der Waals surface area contributed by atoms with Crippen LogP contribution in [0.2, 0.25) is 5.02 Å². The molecule has 22 heavy (non-hydrogen) atoms. The lowest BCUT2D eigenvalue weighted by Gasteiger charge is -2.14. The second-order valence-corrected chi connectivity index (χ2v) is 7.28. The first kappa shape index (κ1) is 15.8.